The molecule has 2 saturated heterocycles. The first kappa shape index (κ1) is 38.7. The first-order valence-corrected chi connectivity index (χ1v) is 21.5. The number of hydrogen-bond donors (Lipinski definition) is 1. The Morgan fingerprint density at radius 1 is 0.949 bits per heavy atom. The maximum Gasteiger partial charge on any atom is 0.271 e. The fourth-order valence-corrected chi connectivity index (χ4v) is 10.5. The number of nitriles is 1. The Bertz CT molecular complexity index is 2430. The number of aryl methyl sites for hydroxylation is 2. The van der Waals surface area contributed by atoms with Crippen molar-refractivity contribution < 1.29 is 14.3 Å². The van der Waals surface area contributed by atoms with Crippen LogP contribution in [0.1, 0.15) is 107 Å². The number of nitrogens with zero attached hydrogens (tertiary/aromatic N) is 9. The summed E-state index contributed by atoms with van der Waals surface area (Å²) in [5, 5.41) is 22.5. The van der Waals surface area contributed by atoms with Gasteiger partial charge in [-0.1, -0.05) is 12.1 Å². The van der Waals surface area contributed by atoms with Gasteiger partial charge in [-0.3, -0.25) is 14.4 Å². The lowest BCUT2D eigenvalue weighted by molar-refractivity contribution is 0.0888. The van der Waals surface area contributed by atoms with E-state index in [4.69, 9.17) is 19.5 Å². The van der Waals surface area contributed by atoms with Crippen LogP contribution in [-0.4, -0.2) is 81.8 Å². The number of nitrogens with one attached hydrogen (secondary N) is 1. The van der Waals surface area contributed by atoms with Gasteiger partial charge in [0.1, 0.15) is 45.9 Å². The number of benzene rings is 2. The summed E-state index contributed by atoms with van der Waals surface area (Å²) in [7, 11) is 1.55. The first-order valence-electron chi connectivity index (χ1n) is 20.7. The van der Waals surface area contributed by atoms with Crippen molar-refractivity contribution in [2.24, 2.45) is 10.4 Å². The second-order valence-electron chi connectivity index (χ2n) is 16.6. The van der Waals surface area contributed by atoms with Gasteiger partial charge in [0.2, 0.25) is 0 Å². The Labute approximate surface area is 349 Å². The van der Waals surface area contributed by atoms with Crippen LogP contribution >= 0.6 is 11.3 Å². The van der Waals surface area contributed by atoms with Gasteiger partial charge >= 0.3 is 0 Å². The van der Waals surface area contributed by atoms with Crippen LogP contribution in [-0.2, 0) is 0 Å². The van der Waals surface area contributed by atoms with Gasteiger partial charge in [0.25, 0.3) is 5.91 Å². The molecule has 304 valence electrons. The number of amides is 1. The molecule has 1 amide bonds. The lowest BCUT2D eigenvalue weighted by atomic mass is 9.77. The number of hydrogen-bond acceptors (Lipinski definition) is 12. The van der Waals surface area contributed by atoms with Crippen molar-refractivity contribution in [1.82, 2.24) is 30.0 Å². The molecule has 0 radical (unpaired) electrons. The average Bonchev–Trinajstić information content (AvgIpc) is 3.92. The highest BCUT2D eigenvalue weighted by Gasteiger charge is 2.41. The number of piperidine rings is 1. The molecule has 14 heteroatoms. The van der Waals surface area contributed by atoms with Gasteiger partial charge in [-0.05, 0) is 108 Å². The molecular formula is C45H50N10O3S. The summed E-state index contributed by atoms with van der Waals surface area (Å²) >= 11 is 1.79. The predicted molar refractivity (Wildman–Crippen MR) is 229 cm³/mol. The van der Waals surface area contributed by atoms with Gasteiger partial charge in [-0.2, -0.15) is 5.26 Å². The molecule has 13 nitrogen and oxygen atoms in total. The zero-order valence-corrected chi connectivity index (χ0v) is 35.2. The predicted octanol–water partition coefficient (Wildman–Crippen LogP) is 7.45. The van der Waals surface area contributed by atoms with Gasteiger partial charge < -0.3 is 24.6 Å². The van der Waals surface area contributed by atoms with Crippen molar-refractivity contribution in [1.29, 1.82) is 5.26 Å². The van der Waals surface area contributed by atoms with Crippen molar-refractivity contribution in [3.05, 3.63) is 99.3 Å². The minimum absolute atomic E-state index is 0.0409. The van der Waals surface area contributed by atoms with E-state index in [1.165, 1.54) is 21.7 Å². The number of anilines is 2. The van der Waals surface area contributed by atoms with E-state index >= 15 is 0 Å². The van der Waals surface area contributed by atoms with E-state index in [0.29, 0.717) is 22.8 Å². The monoisotopic (exact) mass is 810 g/mol. The van der Waals surface area contributed by atoms with E-state index in [-0.39, 0.29) is 29.5 Å². The number of fused-ring (bicyclic) bond motifs is 3. The number of methoxy groups -OCH3 is 1. The SMILES string of the molecule is COc1cc(OC2CCC(NC(=O)c3cnc(N4CCC5(CCN(c6ccc(C7=N[C@@H](C)c8nnc(C)n8-c8sc(C)c(C)c87)cc6)CC5)C4)cn3)CC2)ccc1C#N. The van der Waals surface area contributed by atoms with Gasteiger partial charge in [-0.15, -0.1) is 21.5 Å². The quantitative estimate of drug-likeness (QED) is 0.168. The molecule has 2 aromatic carbocycles. The van der Waals surface area contributed by atoms with Crippen molar-refractivity contribution in [2.75, 3.05) is 43.1 Å². The van der Waals surface area contributed by atoms with Crippen molar-refractivity contribution in [3.8, 4) is 22.6 Å². The Morgan fingerprint density at radius 3 is 2.39 bits per heavy atom. The summed E-state index contributed by atoms with van der Waals surface area (Å²) in [4.78, 5) is 33.8. The summed E-state index contributed by atoms with van der Waals surface area (Å²) in [6.07, 6.45) is 10.0. The summed E-state index contributed by atoms with van der Waals surface area (Å²) in [5.74, 6) is 3.60. The summed E-state index contributed by atoms with van der Waals surface area (Å²) in [6.45, 7) is 12.4. The first-order chi connectivity index (χ1) is 28.6. The molecule has 0 unspecified atom stereocenters. The van der Waals surface area contributed by atoms with Crippen LogP contribution < -0.4 is 24.6 Å². The standard InChI is InChI=1S/C45H50N10O3S/c1-27-29(3)59-44-40(27)41(49-28(2)42-52-51-30(4)55(42)44)31-6-11-34(12-7-31)53-19-16-45(17-20-53)18-21-54(26-45)39-25-47-37(24-48-39)43(56)50-33-9-14-35(15-10-33)58-36-13-8-32(23-46)38(22-36)57-5/h6-8,11-13,22,24-25,28,33,35H,9-10,14-21,26H2,1-5H3,(H,50,56)/t28-,33?,35?/m0/s1. The molecule has 1 spiro atoms. The zero-order valence-electron chi connectivity index (χ0n) is 34.4. The van der Waals surface area contributed by atoms with Gasteiger partial charge in [-0.25, -0.2) is 9.97 Å². The molecule has 6 heterocycles. The van der Waals surface area contributed by atoms with Crippen LogP contribution in [0, 0.1) is 37.5 Å². The lowest BCUT2D eigenvalue weighted by Gasteiger charge is -2.40. The van der Waals surface area contributed by atoms with Gasteiger partial charge in [0.15, 0.2) is 5.82 Å². The number of carbonyl (C=O) groups is 1. The number of rotatable bonds is 8. The van der Waals surface area contributed by atoms with E-state index in [1.54, 1.807) is 49.0 Å². The third-order valence-corrected chi connectivity index (χ3v) is 14.1. The average molecular weight is 811 g/mol. The summed E-state index contributed by atoms with van der Waals surface area (Å²) in [5.41, 5.74) is 6.91. The van der Waals surface area contributed by atoms with Crippen molar-refractivity contribution >= 4 is 34.5 Å². The highest BCUT2D eigenvalue weighted by molar-refractivity contribution is 7.15. The smallest absolute Gasteiger partial charge is 0.271 e. The molecule has 59 heavy (non-hydrogen) atoms. The molecule has 5 aromatic rings. The minimum Gasteiger partial charge on any atom is -0.495 e. The van der Waals surface area contributed by atoms with E-state index in [1.807, 2.05) is 6.92 Å². The molecule has 0 bridgehead atoms. The molecule has 3 aromatic heterocycles. The molecule has 1 N–H and O–H groups in total. The second kappa shape index (κ2) is 15.7. The molecule has 1 saturated carbocycles. The molecule has 1 atom stereocenters. The van der Waals surface area contributed by atoms with E-state index in [9.17, 15) is 10.1 Å². The van der Waals surface area contributed by atoms with Crippen molar-refractivity contribution in [3.63, 3.8) is 0 Å². The van der Waals surface area contributed by atoms with Crippen LogP contribution in [0.3, 0.4) is 0 Å². The Morgan fingerprint density at radius 2 is 1.69 bits per heavy atom. The maximum atomic E-state index is 13.2. The van der Waals surface area contributed by atoms with Crippen LogP contribution in [0.4, 0.5) is 11.5 Å². The molecule has 9 rings (SSSR count). The molecule has 1 aliphatic carbocycles. The summed E-state index contributed by atoms with van der Waals surface area (Å²) < 4.78 is 13.7. The number of carbonyl (C=O) groups excluding carboxylic acids is 1. The molecule has 4 aliphatic rings. The van der Waals surface area contributed by atoms with Gasteiger partial charge in [0, 0.05) is 60.0 Å². The number of thiophene rings is 1. The maximum absolute atomic E-state index is 13.2. The van der Waals surface area contributed by atoms with Crippen LogP contribution in [0.25, 0.3) is 5.00 Å². The molecular weight excluding hydrogens is 761 g/mol. The van der Waals surface area contributed by atoms with Crippen LogP contribution in [0.5, 0.6) is 11.5 Å². The zero-order chi connectivity index (χ0) is 40.8. The third-order valence-electron chi connectivity index (χ3n) is 12.9. The highest BCUT2D eigenvalue weighted by Crippen LogP contribution is 2.43. The minimum atomic E-state index is -0.193. The Hall–Kier alpha value is -5.81. The molecule has 3 aliphatic heterocycles. The Kier molecular flexibility index (Phi) is 10.3. The number of ether oxygens (including phenoxy) is 2. The van der Waals surface area contributed by atoms with Crippen LogP contribution in [0.2, 0.25) is 0 Å². The van der Waals surface area contributed by atoms with E-state index in [0.717, 1.165) is 105 Å². The molecule has 3 fully saturated rings. The lowest BCUT2D eigenvalue weighted by Crippen LogP contribution is -2.41. The van der Waals surface area contributed by atoms with Gasteiger partial charge in [0.05, 0.1) is 36.9 Å². The fourth-order valence-electron chi connectivity index (χ4n) is 9.30. The largest absolute Gasteiger partial charge is 0.495 e. The Balaban J connectivity index is 0.769. The third kappa shape index (κ3) is 7.41. The highest BCUT2D eigenvalue weighted by atomic mass is 32.1. The summed E-state index contributed by atoms with van der Waals surface area (Å²) in [6, 6.07) is 16.3. The fraction of sp³-hybridized carbons (Fsp3) is 0.444. The second-order valence-corrected chi connectivity index (χ2v) is 17.8. The van der Waals surface area contributed by atoms with Crippen LogP contribution in [0.15, 0.2) is 59.9 Å². The van der Waals surface area contributed by atoms with Crippen molar-refractivity contribution in [2.45, 2.75) is 90.8 Å². The number of aromatic nitrogens is 5. The number of aliphatic imine (C=N–C) groups is 1. The van der Waals surface area contributed by atoms with E-state index < -0.39 is 0 Å². The topological polar surface area (TPSA) is 147 Å². The normalized spacial score (nSPS) is 20.9. The van der Waals surface area contributed by atoms with E-state index in [2.05, 4.69) is 86.0 Å².